The molecule has 7 heteroatoms. The minimum absolute atomic E-state index is 0.0611. The fraction of sp³-hybridized carbons (Fsp3) is 0.353. The van der Waals surface area contributed by atoms with Gasteiger partial charge in [0, 0.05) is 42.8 Å². The molecule has 1 atom stereocenters. The molecule has 1 aromatic carbocycles. The maximum Gasteiger partial charge on any atom is 0.253 e. The molecule has 0 aliphatic carbocycles. The summed E-state index contributed by atoms with van der Waals surface area (Å²) in [7, 11) is -3.26. The Kier molecular flexibility index (Phi) is 4.73. The highest BCUT2D eigenvalue weighted by atomic mass is 32.2. The zero-order valence-corrected chi connectivity index (χ0v) is 14.4. The Hall–Kier alpha value is -2.12. The molecule has 0 unspecified atom stereocenters. The molecule has 1 saturated heterocycles. The van der Waals surface area contributed by atoms with E-state index < -0.39 is 10.0 Å². The summed E-state index contributed by atoms with van der Waals surface area (Å²) in [6.07, 6.45) is 6.59. The highest BCUT2D eigenvalue weighted by Crippen LogP contribution is 2.16. The van der Waals surface area contributed by atoms with Crippen LogP contribution < -0.4 is 4.72 Å². The topological polar surface area (TPSA) is 71.4 Å². The lowest BCUT2D eigenvalue weighted by atomic mass is 10.1. The zero-order valence-electron chi connectivity index (χ0n) is 13.6. The van der Waals surface area contributed by atoms with Crippen LogP contribution in [-0.2, 0) is 10.0 Å². The molecule has 1 fully saturated rings. The molecule has 0 saturated carbocycles. The van der Waals surface area contributed by atoms with E-state index in [2.05, 4.69) is 4.72 Å². The molecule has 0 spiro atoms. The van der Waals surface area contributed by atoms with Crippen LogP contribution in [0.15, 0.2) is 48.8 Å². The van der Waals surface area contributed by atoms with Crippen molar-refractivity contribution in [3.8, 4) is 5.69 Å². The average molecular weight is 347 g/mol. The number of amides is 1. The predicted octanol–water partition coefficient (Wildman–Crippen LogP) is 1.63. The van der Waals surface area contributed by atoms with Crippen molar-refractivity contribution in [3.05, 3.63) is 54.4 Å². The van der Waals surface area contributed by atoms with Gasteiger partial charge in [-0.15, -0.1) is 0 Å². The first kappa shape index (κ1) is 16.7. The molecule has 2 heterocycles. The quantitative estimate of drug-likeness (QED) is 0.914. The van der Waals surface area contributed by atoms with E-state index >= 15 is 0 Å². The molecule has 24 heavy (non-hydrogen) atoms. The molecule has 3 rings (SSSR count). The second kappa shape index (κ2) is 6.78. The number of nitrogens with one attached hydrogen (secondary N) is 1. The van der Waals surface area contributed by atoms with Crippen LogP contribution in [0.4, 0.5) is 0 Å². The molecular formula is C17H21N3O3S. The normalized spacial score (nSPS) is 18.5. The minimum Gasteiger partial charge on any atom is -0.337 e. The Bertz CT molecular complexity index is 798. The summed E-state index contributed by atoms with van der Waals surface area (Å²) < 4.78 is 27.3. The van der Waals surface area contributed by atoms with Gasteiger partial charge >= 0.3 is 0 Å². The lowest BCUT2D eigenvalue weighted by Gasteiger charge is -2.32. The Morgan fingerprint density at radius 3 is 2.46 bits per heavy atom. The molecule has 1 aliphatic rings. The SMILES string of the molecule is CS(=O)(=O)N[C@@H]1CCCN(C(=O)c2ccc(-n3cccc3)cc2)C1. The zero-order chi connectivity index (χ0) is 17.2. The summed E-state index contributed by atoms with van der Waals surface area (Å²) in [6.45, 7) is 1.06. The second-order valence-corrected chi connectivity index (χ2v) is 7.90. The highest BCUT2D eigenvalue weighted by molar-refractivity contribution is 7.88. The molecule has 1 N–H and O–H groups in total. The molecule has 1 amide bonds. The van der Waals surface area contributed by atoms with Crippen molar-refractivity contribution >= 4 is 15.9 Å². The lowest BCUT2D eigenvalue weighted by Crippen LogP contribution is -2.49. The minimum atomic E-state index is -3.26. The summed E-state index contributed by atoms with van der Waals surface area (Å²) in [6, 6.07) is 11.1. The van der Waals surface area contributed by atoms with Crippen molar-refractivity contribution in [2.45, 2.75) is 18.9 Å². The molecule has 1 aliphatic heterocycles. The first-order valence-electron chi connectivity index (χ1n) is 7.92. The fourth-order valence-corrected chi connectivity index (χ4v) is 3.82. The lowest BCUT2D eigenvalue weighted by molar-refractivity contribution is 0.0703. The Morgan fingerprint density at radius 1 is 1.17 bits per heavy atom. The third-order valence-corrected chi connectivity index (χ3v) is 4.87. The van der Waals surface area contributed by atoms with Crippen molar-refractivity contribution in [2.75, 3.05) is 19.3 Å². The van der Waals surface area contributed by atoms with Crippen LogP contribution in [-0.4, -0.2) is 49.2 Å². The van der Waals surface area contributed by atoms with Crippen LogP contribution in [0.1, 0.15) is 23.2 Å². The number of hydrogen-bond donors (Lipinski definition) is 1. The summed E-state index contributed by atoms with van der Waals surface area (Å²) >= 11 is 0. The van der Waals surface area contributed by atoms with Crippen LogP contribution in [0.5, 0.6) is 0 Å². The van der Waals surface area contributed by atoms with Crippen LogP contribution in [0.25, 0.3) is 5.69 Å². The summed E-state index contributed by atoms with van der Waals surface area (Å²) in [4.78, 5) is 14.4. The molecule has 6 nitrogen and oxygen atoms in total. The van der Waals surface area contributed by atoms with Crippen molar-refractivity contribution in [1.29, 1.82) is 0 Å². The van der Waals surface area contributed by atoms with Gasteiger partial charge in [-0.05, 0) is 49.2 Å². The van der Waals surface area contributed by atoms with Crippen LogP contribution in [0.2, 0.25) is 0 Å². The molecule has 0 radical (unpaired) electrons. The Labute approximate surface area is 142 Å². The standard InChI is InChI=1S/C17H21N3O3S/c1-24(22,23)18-15-5-4-12-20(13-15)17(21)14-6-8-16(9-7-14)19-10-2-3-11-19/h2-3,6-11,15,18H,4-5,12-13H2,1H3/t15-/m1/s1. The average Bonchev–Trinajstić information content (AvgIpc) is 3.07. The smallest absolute Gasteiger partial charge is 0.253 e. The number of benzene rings is 1. The van der Waals surface area contributed by atoms with Crippen molar-refractivity contribution in [3.63, 3.8) is 0 Å². The molecule has 0 bridgehead atoms. The van der Waals surface area contributed by atoms with E-state index in [0.29, 0.717) is 18.7 Å². The van der Waals surface area contributed by atoms with E-state index in [9.17, 15) is 13.2 Å². The van der Waals surface area contributed by atoms with Crippen molar-refractivity contribution in [1.82, 2.24) is 14.2 Å². The second-order valence-electron chi connectivity index (χ2n) is 6.12. The van der Waals surface area contributed by atoms with E-state index in [0.717, 1.165) is 24.8 Å². The van der Waals surface area contributed by atoms with E-state index in [-0.39, 0.29) is 11.9 Å². The molecule has 128 valence electrons. The van der Waals surface area contributed by atoms with Gasteiger partial charge in [0.05, 0.1) is 6.26 Å². The molecule has 2 aromatic rings. The van der Waals surface area contributed by atoms with E-state index in [1.54, 1.807) is 4.90 Å². The van der Waals surface area contributed by atoms with Gasteiger partial charge in [-0.2, -0.15) is 0 Å². The summed E-state index contributed by atoms with van der Waals surface area (Å²) in [5, 5.41) is 0. The van der Waals surface area contributed by atoms with Crippen LogP contribution in [0.3, 0.4) is 0 Å². The first-order valence-corrected chi connectivity index (χ1v) is 9.81. The van der Waals surface area contributed by atoms with E-state index in [1.807, 2.05) is 53.4 Å². The molecular weight excluding hydrogens is 326 g/mol. The number of sulfonamides is 1. The van der Waals surface area contributed by atoms with Gasteiger partial charge in [0.1, 0.15) is 0 Å². The first-order chi connectivity index (χ1) is 11.4. The van der Waals surface area contributed by atoms with E-state index in [1.165, 1.54) is 0 Å². The third kappa shape index (κ3) is 4.04. The fourth-order valence-electron chi connectivity index (χ4n) is 3.03. The Balaban J connectivity index is 1.69. The Morgan fingerprint density at radius 2 is 1.83 bits per heavy atom. The van der Waals surface area contributed by atoms with Crippen LogP contribution >= 0.6 is 0 Å². The maximum absolute atomic E-state index is 12.7. The number of aromatic nitrogens is 1. The van der Waals surface area contributed by atoms with Crippen molar-refractivity contribution < 1.29 is 13.2 Å². The maximum atomic E-state index is 12.7. The number of carbonyl (C=O) groups is 1. The van der Waals surface area contributed by atoms with Gasteiger partial charge in [0.25, 0.3) is 5.91 Å². The van der Waals surface area contributed by atoms with Crippen molar-refractivity contribution in [2.24, 2.45) is 0 Å². The largest absolute Gasteiger partial charge is 0.337 e. The molecule has 1 aromatic heterocycles. The van der Waals surface area contributed by atoms with Gasteiger partial charge in [0.2, 0.25) is 10.0 Å². The highest BCUT2D eigenvalue weighted by Gasteiger charge is 2.26. The number of carbonyl (C=O) groups excluding carboxylic acids is 1. The number of piperidine rings is 1. The van der Waals surface area contributed by atoms with Gasteiger partial charge < -0.3 is 9.47 Å². The summed E-state index contributed by atoms with van der Waals surface area (Å²) in [5.41, 5.74) is 1.61. The number of nitrogens with zero attached hydrogens (tertiary/aromatic N) is 2. The number of likely N-dealkylation sites (tertiary alicyclic amines) is 1. The van der Waals surface area contributed by atoms with Gasteiger partial charge in [-0.3, -0.25) is 4.79 Å². The third-order valence-electron chi connectivity index (χ3n) is 4.11. The van der Waals surface area contributed by atoms with Gasteiger partial charge in [0.15, 0.2) is 0 Å². The van der Waals surface area contributed by atoms with Crippen LogP contribution in [0, 0.1) is 0 Å². The van der Waals surface area contributed by atoms with E-state index in [4.69, 9.17) is 0 Å². The summed E-state index contributed by atoms with van der Waals surface area (Å²) in [5.74, 6) is -0.0611. The number of hydrogen-bond acceptors (Lipinski definition) is 3. The van der Waals surface area contributed by atoms with Gasteiger partial charge in [-0.1, -0.05) is 0 Å². The van der Waals surface area contributed by atoms with Gasteiger partial charge in [-0.25, -0.2) is 13.1 Å². The number of rotatable bonds is 4. The monoisotopic (exact) mass is 347 g/mol. The predicted molar refractivity (Wildman–Crippen MR) is 92.7 cm³/mol.